The fourth-order valence-corrected chi connectivity index (χ4v) is 8.62. The number of carbonyl (C=O) groups excluding carboxylic acids is 3. The minimum Gasteiger partial charge on any atom is -0.462 e. The van der Waals surface area contributed by atoms with Crippen LogP contribution in [0.4, 0.5) is 0 Å². The van der Waals surface area contributed by atoms with Gasteiger partial charge in [0.15, 0.2) is 6.10 Å². The van der Waals surface area contributed by atoms with E-state index >= 15 is 0 Å². The Balaban J connectivity index is 4.30. The Morgan fingerprint density at radius 1 is 0.258 bits per heavy atom. The molecule has 0 fully saturated rings. The maximum Gasteiger partial charge on any atom is 0.306 e. The third kappa shape index (κ3) is 49.4. The minimum absolute atomic E-state index is 0.0612. The van der Waals surface area contributed by atoms with E-state index in [1.165, 1.54) is 225 Å². The molecule has 0 radical (unpaired) electrons. The van der Waals surface area contributed by atoms with Gasteiger partial charge in [0.2, 0.25) is 0 Å². The van der Waals surface area contributed by atoms with Gasteiger partial charge in [-0.3, -0.25) is 14.4 Å². The lowest BCUT2D eigenvalue weighted by Crippen LogP contribution is -2.30. The molecule has 0 spiro atoms. The van der Waals surface area contributed by atoms with Crippen LogP contribution >= 0.6 is 0 Å². The lowest BCUT2D eigenvalue weighted by Gasteiger charge is -2.18. The summed E-state index contributed by atoms with van der Waals surface area (Å²) in [5, 5.41) is 0. The van der Waals surface area contributed by atoms with Gasteiger partial charge in [-0.05, 0) is 19.3 Å². The number of esters is 3. The summed E-state index contributed by atoms with van der Waals surface area (Å²) in [5.74, 6) is -0.834. The summed E-state index contributed by atoms with van der Waals surface area (Å²) in [4.78, 5) is 38.1. The highest BCUT2D eigenvalue weighted by Gasteiger charge is 2.19. The Morgan fingerprint density at radius 2 is 0.435 bits per heavy atom. The maximum absolute atomic E-state index is 12.8. The smallest absolute Gasteiger partial charge is 0.306 e. The van der Waals surface area contributed by atoms with Gasteiger partial charge in [-0.15, -0.1) is 0 Å². The van der Waals surface area contributed by atoms with Crippen LogP contribution in [-0.4, -0.2) is 37.2 Å². The molecule has 0 aromatic rings. The van der Waals surface area contributed by atoms with Crippen molar-refractivity contribution >= 4 is 17.9 Å². The van der Waals surface area contributed by atoms with E-state index in [9.17, 15) is 14.4 Å². The second kappa shape index (κ2) is 52.0. The molecule has 6 nitrogen and oxygen atoms in total. The molecule has 0 aromatic carbocycles. The van der Waals surface area contributed by atoms with E-state index in [1.807, 2.05) is 0 Å². The lowest BCUT2D eigenvalue weighted by atomic mass is 10.0. The zero-order chi connectivity index (χ0) is 45.1. The molecule has 368 valence electrons. The fourth-order valence-electron chi connectivity index (χ4n) is 8.62. The molecule has 6 heteroatoms. The van der Waals surface area contributed by atoms with Gasteiger partial charge < -0.3 is 14.2 Å². The number of ether oxygens (including phenoxy) is 3. The summed E-state index contributed by atoms with van der Waals surface area (Å²) in [6, 6.07) is 0. The Bertz CT molecular complexity index is 920. The van der Waals surface area contributed by atoms with Crippen molar-refractivity contribution in [3.8, 4) is 0 Å². The first-order valence-electron chi connectivity index (χ1n) is 28.0. The van der Waals surface area contributed by atoms with Crippen molar-refractivity contribution in [1.29, 1.82) is 0 Å². The van der Waals surface area contributed by atoms with Gasteiger partial charge in [0.25, 0.3) is 0 Å². The first-order chi connectivity index (χ1) is 30.5. The summed E-state index contributed by atoms with van der Waals surface area (Å²) in [5.41, 5.74) is 0. The zero-order valence-corrected chi connectivity index (χ0v) is 42.2. The topological polar surface area (TPSA) is 78.9 Å². The predicted octanol–water partition coefficient (Wildman–Crippen LogP) is 18.4. The quantitative estimate of drug-likeness (QED) is 0.0344. The summed E-state index contributed by atoms with van der Waals surface area (Å²) in [6.07, 6.45) is 56.5. The highest BCUT2D eigenvalue weighted by molar-refractivity contribution is 5.71. The molecule has 0 aliphatic rings. The maximum atomic E-state index is 12.8. The van der Waals surface area contributed by atoms with Crippen LogP contribution in [0.15, 0.2) is 0 Å². The third-order valence-corrected chi connectivity index (χ3v) is 12.9. The minimum atomic E-state index is -0.760. The molecule has 0 heterocycles. The van der Waals surface area contributed by atoms with Gasteiger partial charge in [0.05, 0.1) is 0 Å². The van der Waals surface area contributed by atoms with Gasteiger partial charge in [0, 0.05) is 19.3 Å². The van der Waals surface area contributed by atoms with E-state index in [1.54, 1.807) is 0 Å². The van der Waals surface area contributed by atoms with E-state index in [4.69, 9.17) is 14.2 Å². The van der Waals surface area contributed by atoms with Crippen molar-refractivity contribution in [2.75, 3.05) is 13.2 Å². The standard InChI is InChI=1S/C56H108O6/c1-4-7-10-13-16-19-22-25-28-31-34-37-40-43-46-49-55(58)61-52-53(51-60-54(57)48-45-42-39-36-33-30-27-24-21-18-15-12-9-6-3)62-56(59)50-47-44-41-38-35-32-29-26-23-20-17-14-11-8-5-2/h53H,4-52H2,1-3H3. The van der Waals surface area contributed by atoms with E-state index in [2.05, 4.69) is 20.8 Å². The third-order valence-electron chi connectivity index (χ3n) is 12.9. The summed E-state index contributed by atoms with van der Waals surface area (Å²) >= 11 is 0. The second-order valence-corrected chi connectivity index (χ2v) is 19.2. The van der Waals surface area contributed by atoms with Gasteiger partial charge in [-0.1, -0.05) is 284 Å². The van der Waals surface area contributed by atoms with Crippen LogP contribution in [-0.2, 0) is 28.6 Å². The van der Waals surface area contributed by atoms with E-state index in [0.717, 1.165) is 57.8 Å². The largest absolute Gasteiger partial charge is 0.462 e. The number of unbranched alkanes of at least 4 members (excludes halogenated alkanes) is 41. The molecule has 0 saturated carbocycles. The van der Waals surface area contributed by atoms with E-state index in [-0.39, 0.29) is 31.1 Å². The molecule has 0 aromatic heterocycles. The number of hydrogen-bond acceptors (Lipinski definition) is 6. The summed E-state index contributed by atoms with van der Waals surface area (Å²) in [6.45, 7) is 6.70. The van der Waals surface area contributed by atoms with Crippen LogP contribution in [0.2, 0.25) is 0 Å². The van der Waals surface area contributed by atoms with Crippen LogP contribution in [0, 0.1) is 0 Å². The Kier molecular flexibility index (Phi) is 50.7. The van der Waals surface area contributed by atoms with Crippen molar-refractivity contribution < 1.29 is 28.6 Å². The molecule has 0 saturated heterocycles. The van der Waals surface area contributed by atoms with E-state index < -0.39 is 6.10 Å². The SMILES string of the molecule is CCCCCCCCCCCCCCCCCC(=O)OCC(COC(=O)CCCCCCCCCCCCCCCC)OC(=O)CCCCCCCCCCCCCCCCC. The molecule has 1 unspecified atom stereocenters. The number of rotatable bonds is 52. The van der Waals surface area contributed by atoms with Gasteiger partial charge in [0.1, 0.15) is 13.2 Å². The first kappa shape index (κ1) is 60.4. The second-order valence-electron chi connectivity index (χ2n) is 19.2. The first-order valence-corrected chi connectivity index (χ1v) is 28.0. The van der Waals surface area contributed by atoms with Gasteiger partial charge in [-0.2, -0.15) is 0 Å². The molecular weight excluding hydrogens is 769 g/mol. The summed E-state index contributed by atoms with van der Waals surface area (Å²) < 4.78 is 16.9. The molecule has 62 heavy (non-hydrogen) atoms. The normalized spacial score (nSPS) is 11.9. The number of carbonyl (C=O) groups is 3. The highest BCUT2D eigenvalue weighted by Crippen LogP contribution is 2.17. The molecule has 0 aliphatic carbocycles. The van der Waals surface area contributed by atoms with Crippen LogP contribution < -0.4 is 0 Å². The summed E-state index contributed by atoms with van der Waals surface area (Å²) in [7, 11) is 0. The molecule has 0 N–H and O–H groups in total. The molecular formula is C56H108O6. The van der Waals surface area contributed by atoms with Crippen molar-refractivity contribution in [1.82, 2.24) is 0 Å². The van der Waals surface area contributed by atoms with Crippen LogP contribution in [0.5, 0.6) is 0 Å². The molecule has 0 rings (SSSR count). The molecule has 0 bridgehead atoms. The molecule has 0 amide bonds. The van der Waals surface area contributed by atoms with Crippen LogP contribution in [0.25, 0.3) is 0 Å². The zero-order valence-electron chi connectivity index (χ0n) is 42.2. The predicted molar refractivity (Wildman–Crippen MR) is 266 cm³/mol. The average Bonchev–Trinajstić information content (AvgIpc) is 3.27. The number of hydrogen-bond donors (Lipinski definition) is 0. The van der Waals surface area contributed by atoms with Crippen LogP contribution in [0.1, 0.15) is 323 Å². The van der Waals surface area contributed by atoms with Crippen LogP contribution in [0.3, 0.4) is 0 Å². The van der Waals surface area contributed by atoms with Crippen molar-refractivity contribution in [3.05, 3.63) is 0 Å². The lowest BCUT2D eigenvalue weighted by molar-refractivity contribution is -0.167. The fraction of sp³-hybridized carbons (Fsp3) is 0.946. The van der Waals surface area contributed by atoms with Gasteiger partial charge >= 0.3 is 17.9 Å². The van der Waals surface area contributed by atoms with Crippen molar-refractivity contribution in [2.24, 2.45) is 0 Å². The molecule has 0 aliphatic heterocycles. The Morgan fingerprint density at radius 3 is 0.645 bits per heavy atom. The van der Waals surface area contributed by atoms with Crippen molar-refractivity contribution in [3.63, 3.8) is 0 Å². The Labute approximate surface area is 387 Å². The van der Waals surface area contributed by atoms with Gasteiger partial charge in [-0.25, -0.2) is 0 Å². The highest BCUT2D eigenvalue weighted by atomic mass is 16.6. The Hall–Kier alpha value is -1.59. The molecule has 1 atom stereocenters. The average molecular weight is 877 g/mol. The van der Waals surface area contributed by atoms with Crippen molar-refractivity contribution in [2.45, 2.75) is 329 Å². The monoisotopic (exact) mass is 877 g/mol. The van der Waals surface area contributed by atoms with E-state index in [0.29, 0.717) is 19.3 Å².